The molecule has 1 unspecified atom stereocenters. The maximum Gasteiger partial charge on any atom is 0.274 e. The van der Waals surface area contributed by atoms with Crippen LogP contribution in [0.4, 0.5) is 5.69 Å². The minimum atomic E-state index is -0.882. The quantitative estimate of drug-likeness (QED) is 0.557. The maximum atomic E-state index is 13.0. The van der Waals surface area contributed by atoms with Crippen molar-refractivity contribution < 1.29 is 14.3 Å². The number of fused-ring (bicyclic) bond motifs is 3. The first-order chi connectivity index (χ1) is 15.1. The molecule has 2 aromatic carbocycles. The van der Waals surface area contributed by atoms with Crippen LogP contribution in [-0.2, 0) is 11.8 Å². The van der Waals surface area contributed by atoms with Gasteiger partial charge in [-0.25, -0.2) is 0 Å². The normalized spacial score (nSPS) is 14.9. The van der Waals surface area contributed by atoms with Crippen LogP contribution in [0.3, 0.4) is 0 Å². The summed E-state index contributed by atoms with van der Waals surface area (Å²) in [6.45, 7) is 0.0571. The van der Waals surface area contributed by atoms with Gasteiger partial charge in [0.25, 0.3) is 11.5 Å². The van der Waals surface area contributed by atoms with Gasteiger partial charge >= 0.3 is 0 Å². The molecular formula is C24H19N3O4. The van der Waals surface area contributed by atoms with E-state index in [1.807, 2.05) is 48.5 Å². The summed E-state index contributed by atoms with van der Waals surface area (Å²) in [7, 11) is 1.64. The van der Waals surface area contributed by atoms with Gasteiger partial charge in [-0.1, -0.05) is 30.3 Å². The van der Waals surface area contributed by atoms with E-state index in [-0.39, 0.29) is 17.9 Å². The number of rotatable bonds is 3. The molecule has 0 aliphatic carbocycles. The highest BCUT2D eigenvalue weighted by Crippen LogP contribution is 2.38. The van der Waals surface area contributed by atoms with Crippen molar-refractivity contribution in [2.45, 2.75) is 6.10 Å². The van der Waals surface area contributed by atoms with Gasteiger partial charge in [-0.15, -0.1) is 0 Å². The van der Waals surface area contributed by atoms with Crippen molar-refractivity contribution in [3.63, 3.8) is 0 Å². The van der Waals surface area contributed by atoms with Gasteiger partial charge in [-0.2, -0.15) is 0 Å². The van der Waals surface area contributed by atoms with Crippen LogP contribution in [0.1, 0.15) is 0 Å². The fourth-order valence-corrected chi connectivity index (χ4v) is 3.65. The lowest BCUT2D eigenvalue weighted by atomic mass is 10.1. The number of nitrogens with zero attached hydrogens (tertiary/aromatic N) is 2. The molecule has 31 heavy (non-hydrogen) atoms. The summed E-state index contributed by atoms with van der Waals surface area (Å²) in [5, 5.41) is 4.58. The molecule has 2 aromatic heterocycles. The first kappa shape index (κ1) is 18.9. The van der Waals surface area contributed by atoms with E-state index in [4.69, 9.17) is 9.47 Å². The van der Waals surface area contributed by atoms with Gasteiger partial charge < -0.3 is 19.4 Å². The molecule has 0 bridgehead atoms. The molecule has 1 N–H and O–H groups in total. The second-order valence-corrected chi connectivity index (χ2v) is 7.32. The summed E-state index contributed by atoms with van der Waals surface area (Å²) in [4.78, 5) is 29.6. The largest absolute Gasteiger partial charge is 0.485 e. The zero-order chi connectivity index (χ0) is 21.4. The molecule has 5 rings (SSSR count). The standard InChI is InChI=1S/C24H19N3O4/c1-27-13-17(15-8-10-25-11-9-15)12-19(24(27)29)26-23(28)21-14-30-20-7-6-16-4-2-3-5-18(16)22(20)31-21/h2-13,21H,14H2,1H3,(H,26,28). The van der Waals surface area contributed by atoms with E-state index in [2.05, 4.69) is 10.3 Å². The number of hydrogen-bond acceptors (Lipinski definition) is 5. The molecule has 7 heteroatoms. The summed E-state index contributed by atoms with van der Waals surface area (Å²) in [6, 6.07) is 16.9. The minimum Gasteiger partial charge on any atom is -0.485 e. The van der Waals surface area contributed by atoms with E-state index >= 15 is 0 Å². The van der Waals surface area contributed by atoms with Gasteiger partial charge in [0.05, 0.1) is 0 Å². The Bertz CT molecular complexity index is 1350. The van der Waals surface area contributed by atoms with Crippen LogP contribution >= 0.6 is 0 Å². The third-order valence-corrected chi connectivity index (χ3v) is 5.24. The number of hydrogen-bond donors (Lipinski definition) is 1. The molecule has 1 aliphatic rings. The molecule has 0 fully saturated rings. The van der Waals surface area contributed by atoms with Crippen LogP contribution in [0.15, 0.2) is 78.0 Å². The second-order valence-electron chi connectivity index (χ2n) is 7.32. The summed E-state index contributed by atoms with van der Waals surface area (Å²) in [5.41, 5.74) is 1.54. The predicted octanol–water partition coefficient (Wildman–Crippen LogP) is 3.38. The lowest BCUT2D eigenvalue weighted by Gasteiger charge is -2.26. The summed E-state index contributed by atoms with van der Waals surface area (Å²) in [6.07, 6.45) is 4.18. The molecule has 1 atom stereocenters. The Morgan fingerprint density at radius 1 is 1.10 bits per heavy atom. The lowest BCUT2D eigenvalue weighted by Crippen LogP contribution is -2.41. The number of pyridine rings is 2. The van der Waals surface area contributed by atoms with Crippen molar-refractivity contribution >= 4 is 22.4 Å². The van der Waals surface area contributed by atoms with Gasteiger partial charge in [0, 0.05) is 36.6 Å². The van der Waals surface area contributed by atoms with Crippen molar-refractivity contribution in [2.75, 3.05) is 11.9 Å². The Morgan fingerprint density at radius 3 is 2.74 bits per heavy atom. The Hall–Kier alpha value is -4.13. The Balaban J connectivity index is 1.43. The number of aromatic nitrogens is 2. The topological polar surface area (TPSA) is 82.5 Å². The molecular weight excluding hydrogens is 394 g/mol. The van der Waals surface area contributed by atoms with Gasteiger partial charge in [-0.05, 0) is 35.2 Å². The highest BCUT2D eigenvalue weighted by atomic mass is 16.6. The number of amides is 1. The van der Waals surface area contributed by atoms with Crippen LogP contribution in [0.5, 0.6) is 11.5 Å². The highest BCUT2D eigenvalue weighted by molar-refractivity contribution is 5.96. The van der Waals surface area contributed by atoms with Gasteiger partial charge in [0.2, 0.25) is 6.10 Å². The van der Waals surface area contributed by atoms with E-state index in [1.165, 1.54) is 4.57 Å². The second kappa shape index (κ2) is 7.60. The van der Waals surface area contributed by atoms with Crippen molar-refractivity contribution in [1.82, 2.24) is 9.55 Å². The van der Waals surface area contributed by atoms with E-state index in [1.54, 1.807) is 31.7 Å². The smallest absolute Gasteiger partial charge is 0.274 e. The zero-order valence-electron chi connectivity index (χ0n) is 16.7. The van der Waals surface area contributed by atoms with Crippen LogP contribution in [0.2, 0.25) is 0 Å². The maximum absolute atomic E-state index is 13.0. The Morgan fingerprint density at radius 2 is 1.90 bits per heavy atom. The van der Waals surface area contributed by atoms with Crippen molar-refractivity contribution in [1.29, 1.82) is 0 Å². The SMILES string of the molecule is Cn1cc(-c2ccncc2)cc(NC(=O)C2COc3ccc4ccccc4c3O2)c1=O. The number of aryl methyl sites for hydroxylation is 1. The molecule has 1 aliphatic heterocycles. The monoisotopic (exact) mass is 413 g/mol. The Kier molecular flexibility index (Phi) is 4.63. The molecule has 7 nitrogen and oxygen atoms in total. The first-order valence-corrected chi connectivity index (χ1v) is 9.83. The van der Waals surface area contributed by atoms with Gasteiger partial charge in [-0.3, -0.25) is 14.6 Å². The minimum absolute atomic E-state index is 0.0571. The molecule has 0 spiro atoms. The number of anilines is 1. The molecule has 4 aromatic rings. The average molecular weight is 413 g/mol. The average Bonchev–Trinajstić information content (AvgIpc) is 2.82. The number of benzene rings is 2. The molecule has 3 heterocycles. The number of nitrogens with one attached hydrogen (secondary N) is 1. The van der Waals surface area contributed by atoms with Crippen molar-refractivity contribution in [2.24, 2.45) is 7.05 Å². The van der Waals surface area contributed by atoms with E-state index < -0.39 is 12.0 Å². The molecule has 1 amide bonds. The van der Waals surface area contributed by atoms with Gasteiger partial charge in [0.15, 0.2) is 11.5 Å². The van der Waals surface area contributed by atoms with Crippen LogP contribution < -0.4 is 20.3 Å². The molecule has 0 saturated carbocycles. The number of carbonyl (C=O) groups is 1. The number of ether oxygens (including phenoxy) is 2. The van der Waals surface area contributed by atoms with Crippen LogP contribution in [-0.4, -0.2) is 28.2 Å². The summed E-state index contributed by atoms with van der Waals surface area (Å²) >= 11 is 0. The predicted molar refractivity (Wildman–Crippen MR) is 117 cm³/mol. The third kappa shape index (κ3) is 3.50. The summed E-state index contributed by atoms with van der Waals surface area (Å²) < 4.78 is 13.2. The zero-order valence-corrected chi connectivity index (χ0v) is 16.7. The van der Waals surface area contributed by atoms with E-state index in [0.717, 1.165) is 21.9 Å². The van der Waals surface area contributed by atoms with Gasteiger partial charge in [0.1, 0.15) is 12.3 Å². The Labute approximate surface area is 177 Å². The van der Waals surface area contributed by atoms with E-state index in [0.29, 0.717) is 11.5 Å². The molecule has 0 radical (unpaired) electrons. The highest BCUT2D eigenvalue weighted by Gasteiger charge is 2.29. The van der Waals surface area contributed by atoms with Crippen LogP contribution in [0.25, 0.3) is 21.9 Å². The first-order valence-electron chi connectivity index (χ1n) is 9.83. The van der Waals surface area contributed by atoms with E-state index in [9.17, 15) is 9.59 Å². The van der Waals surface area contributed by atoms with Crippen LogP contribution in [0, 0.1) is 0 Å². The van der Waals surface area contributed by atoms with Crippen molar-refractivity contribution in [3.05, 3.63) is 83.5 Å². The summed E-state index contributed by atoms with van der Waals surface area (Å²) in [5.74, 6) is 0.684. The number of carbonyl (C=O) groups excluding carboxylic acids is 1. The van der Waals surface area contributed by atoms with Crippen molar-refractivity contribution in [3.8, 4) is 22.6 Å². The fourth-order valence-electron chi connectivity index (χ4n) is 3.65. The lowest BCUT2D eigenvalue weighted by molar-refractivity contribution is -0.124. The third-order valence-electron chi connectivity index (χ3n) is 5.24. The molecule has 154 valence electrons. The fraction of sp³-hybridized carbons (Fsp3) is 0.125. The molecule has 0 saturated heterocycles.